The van der Waals surface area contributed by atoms with Crippen LogP contribution in [0.1, 0.15) is 55.2 Å². The van der Waals surface area contributed by atoms with Crippen LogP contribution in [0.5, 0.6) is 0 Å². The van der Waals surface area contributed by atoms with E-state index < -0.39 is 11.7 Å². The maximum atomic E-state index is 15.3. The predicted molar refractivity (Wildman–Crippen MR) is 117 cm³/mol. The van der Waals surface area contributed by atoms with E-state index in [0.717, 1.165) is 24.1 Å². The molecule has 0 radical (unpaired) electrons. The Bertz CT molecular complexity index is 1060. The number of nitrogens with zero attached hydrogens (tertiary/aromatic N) is 2. The number of benzene rings is 1. The third kappa shape index (κ3) is 3.74. The van der Waals surface area contributed by atoms with Crippen LogP contribution in [0.4, 0.5) is 10.1 Å². The number of piperidine rings is 1. The Hall–Kier alpha value is -3.01. The summed E-state index contributed by atoms with van der Waals surface area (Å²) in [5, 5.41) is 0.678. The molecule has 1 fully saturated rings. The first-order valence-electron chi connectivity index (χ1n) is 10.3. The van der Waals surface area contributed by atoms with Gasteiger partial charge in [-0.25, -0.2) is 4.39 Å². The van der Waals surface area contributed by atoms with E-state index >= 15 is 4.39 Å². The van der Waals surface area contributed by atoms with Crippen LogP contribution in [0.15, 0.2) is 6.07 Å². The summed E-state index contributed by atoms with van der Waals surface area (Å²) >= 11 is 0. The molecular formula is C23H29FN4O2. The first kappa shape index (κ1) is 21.7. The van der Waals surface area contributed by atoms with Gasteiger partial charge in [0.15, 0.2) is 0 Å². The number of aryl methyl sites for hydroxylation is 2. The van der Waals surface area contributed by atoms with Gasteiger partial charge in [-0.1, -0.05) is 5.92 Å². The lowest BCUT2D eigenvalue weighted by Gasteiger charge is -2.41. The van der Waals surface area contributed by atoms with E-state index in [-0.39, 0.29) is 23.6 Å². The number of amides is 2. The smallest absolute Gasteiger partial charge is 0.298 e. The van der Waals surface area contributed by atoms with Crippen LogP contribution >= 0.6 is 0 Å². The number of H-pyrrole nitrogens is 1. The van der Waals surface area contributed by atoms with Crippen molar-refractivity contribution >= 4 is 28.4 Å². The van der Waals surface area contributed by atoms with E-state index in [1.807, 2.05) is 32.6 Å². The zero-order valence-electron chi connectivity index (χ0n) is 18.2. The van der Waals surface area contributed by atoms with Crippen LogP contribution in [-0.2, 0) is 4.79 Å². The van der Waals surface area contributed by atoms with E-state index in [1.54, 1.807) is 11.8 Å². The molecule has 0 bridgehead atoms. The summed E-state index contributed by atoms with van der Waals surface area (Å²) in [6, 6.07) is 1.13. The van der Waals surface area contributed by atoms with Crippen molar-refractivity contribution in [2.45, 2.75) is 59.5 Å². The van der Waals surface area contributed by atoms with Gasteiger partial charge >= 0.3 is 0 Å². The lowest BCUT2D eigenvalue weighted by molar-refractivity contribution is -0.129. The SMILES string of the molecule is CC#CC(=O)N(C(C)C)[C@H]1CCCN(c2c(F)cc(C(N)=O)c3[nH]c(C)c(C)c23)C1. The summed E-state index contributed by atoms with van der Waals surface area (Å²) in [6.07, 6.45) is 1.66. The number of fused-ring (bicyclic) bond motifs is 1. The molecule has 2 aromatic rings. The average molecular weight is 413 g/mol. The molecule has 1 atom stereocenters. The summed E-state index contributed by atoms with van der Waals surface area (Å²) in [5.41, 5.74) is 8.41. The Morgan fingerprint density at radius 3 is 2.67 bits per heavy atom. The molecule has 3 rings (SSSR count). The topological polar surface area (TPSA) is 82.4 Å². The average Bonchev–Trinajstić information content (AvgIpc) is 2.96. The van der Waals surface area contributed by atoms with Crippen LogP contribution < -0.4 is 10.6 Å². The number of aromatic amines is 1. The lowest BCUT2D eigenvalue weighted by atomic mass is 9.98. The molecule has 2 amide bonds. The number of carbonyl (C=O) groups excluding carboxylic acids is 2. The van der Waals surface area contributed by atoms with E-state index in [4.69, 9.17) is 5.73 Å². The molecule has 0 unspecified atom stereocenters. The highest BCUT2D eigenvalue weighted by Gasteiger charge is 2.32. The molecule has 0 aliphatic carbocycles. The highest BCUT2D eigenvalue weighted by Crippen LogP contribution is 2.37. The number of rotatable bonds is 4. The number of halogens is 1. The second kappa shape index (κ2) is 8.39. The van der Waals surface area contributed by atoms with Crippen LogP contribution in [0, 0.1) is 31.5 Å². The molecule has 1 aliphatic rings. The maximum Gasteiger partial charge on any atom is 0.298 e. The zero-order chi connectivity index (χ0) is 22.2. The number of nitrogens with two attached hydrogens (primary N) is 1. The molecule has 1 aromatic carbocycles. The van der Waals surface area contributed by atoms with Gasteiger partial charge in [0.2, 0.25) is 0 Å². The van der Waals surface area contributed by atoms with Gasteiger partial charge in [0.1, 0.15) is 5.82 Å². The largest absolute Gasteiger partial charge is 0.367 e. The highest BCUT2D eigenvalue weighted by atomic mass is 19.1. The molecule has 1 saturated heterocycles. The molecular weight excluding hydrogens is 383 g/mol. The molecule has 1 aromatic heterocycles. The number of nitrogens with one attached hydrogen (secondary N) is 1. The second-order valence-corrected chi connectivity index (χ2v) is 8.17. The summed E-state index contributed by atoms with van der Waals surface area (Å²) in [4.78, 5) is 31.5. The van der Waals surface area contributed by atoms with Crippen molar-refractivity contribution in [1.29, 1.82) is 0 Å². The van der Waals surface area contributed by atoms with Gasteiger partial charge in [-0.2, -0.15) is 0 Å². The molecule has 30 heavy (non-hydrogen) atoms. The van der Waals surface area contributed by atoms with Gasteiger partial charge in [-0.05, 0) is 65.0 Å². The van der Waals surface area contributed by atoms with Crippen molar-refractivity contribution in [2.75, 3.05) is 18.0 Å². The second-order valence-electron chi connectivity index (χ2n) is 8.17. The third-order valence-electron chi connectivity index (χ3n) is 5.90. The van der Waals surface area contributed by atoms with Crippen molar-refractivity contribution in [3.05, 3.63) is 28.7 Å². The van der Waals surface area contributed by atoms with Crippen molar-refractivity contribution < 1.29 is 14.0 Å². The Balaban J connectivity index is 2.08. The lowest BCUT2D eigenvalue weighted by Crippen LogP contribution is -2.52. The summed E-state index contributed by atoms with van der Waals surface area (Å²) in [5.74, 6) is 3.97. The van der Waals surface area contributed by atoms with Crippen LogP contribution in [0.2, 0.25) is 0 Å². The maximum absolute atomic E-state index is 15.3. The fraction of sp³-hybridized carbons (Fsp3) is 0.478. The van der Waals surface area contributed by atoms with E-state index in [0.29, 0.717) is 29.7 Å². The number of hydrogen-bond acceptors (Lipinski definition) is 3. The first-order valence-corrected chi connectivity index (χ1v) is 10.3. The van der Waals surface area contributed by atoms with Crippen molar-refractivity contribution in [2.24, 2.45) is 5.73 Å². The molecule has 6 nitrogen and oxygen atoms in total. The Labute approximate surface area is 176 Å². The minimum Gasteiger partial charge on any atom is -0.367 e. The summed E-state index contributed by atoms with van der Waals surface area (Å²) in [6.45, 7) is 10.5. The minimum atomic E-state index is -0.669. The van der Waals surface area contributed by atoms with Crippen LogP contribution in [0.25, 0.3) is 10.9 Å². The molecule has 3 N–H and O–H groups in total. The van der Waals surface area contributed by atoms with Crippen LogP contribution in [0.3, 0.4) is 0 Å². The first-order chi connectivity index (χ1) is 14.2. The fourth-order valence-corrected chi connectivity index (χ4v) is 4.49. The molecule has 160 valence electrons. The van der Waals surface area contributed by atoms with E-state index in [9.17, 15) is 9.59 Å². The third-order valence-corrected chi connectivity index (χ3v) is 5.90. The Kier molecular flexibility index (Phi) is 6.06. The predicted octanol–water partition coefficient (Wildman–Crippen LogP) is 3.25. The molecule has 0 spiro atoms. The number of aromatic nitrogens is 1. The van der Waals surface area contributed by atoms with Crippen LogP contribution in [-0.4, -0.2) is 46.9 Å². The summed E-state index contributed by atoms with van der Waals surface area (Å²) < 4.78 is 15.3. The zero-order valence-corrected chi connectivity index (χ0v) is 18.2. The number of anilines is 1. The normalized spacial score (nSPS) is 16.5. The van der Waals surface area contributed by atoms with Gasteiger partial charge in [0.05, 0.1) is 22.8 Å². The van der Waals surface area contributed by atoms with Crippen molar-refractivity contribution in [3.63, 3.8) is 0 Å². The van der Waals surface area contributed by atoms with Gasteiger partial charge in [-0.15, -0.1) is 0 Å². The van der Waals surface area contributed by atoms with Crippen molar-refractivity contribution in [1.82, 2.24) is 9.88 Å². The van der Waals surface area contributed by atoms with Gasteiger partial charge in [-0.3, -0.25) is 9.59 Å². The Morgan fingerprint density at radius 1 is 1.37 bits per heavy atom. The van der Waals surface area contributed by atoms with Gasteiger partial charge in [0.25, 0.3) is 11.8 Å². The number of primary amides is 1. The van der Waals surface area contributed by atoms with E-state index in [1.165, 1.54) is 6.07 Å². The summed E-state index contributed by atoms with van der Waals surface area (Å²) in [7, 11) is 0. The van der Waals surface area contributed by atoms with Gasteiger partial charge in [0, 0.05) is 30.2 Å². The van der Waals surface area contributed by atoms with Crippen molar-refractivity contribution in [3.8, 4) is 11.8 Å². The quantitative estimate of drug-likeness (QED) is 0.757. The molecule has 7 heteroatoms. The molecule has 2 heterocycles. The number of carbonyl (C=O) groups is 2. The number of hydrogen-bond donors (Lipinski definition) is 2. The highest BCUT2D eigenvalue weighted by molar-refractivity contribution is 6.10. The monoisotopic (exact) mass is 412 g/mol. The fourth-order valence-electron chi connectivity index (χ4n) is 4.49. The Morgan fingerprint density at radius 2 is 2.07 bits per heavy atom. The van der Waals surface area contributed by atoms with Gasteiger partial charge < -0.3 is 20.5 Å². The van der Waals surface area contributed by atoms with E-state index in [2.05, 4.69) is 16.8 Å². The molecule has 0 saturated carbocycles. The standard InChI is InChI=1S/C23H29FN4O2/c1-6-8-19(29)28(13(2)3)16-9-7-10-27(12-16)22-18(24)11-17(23(25)30)21-20(22)14(4)15(5)26-21/h11,13,16,26H,7,9-10,12H2,1-5H3,(H2,25,30)/t16-/m0/s1. The molecule has 1 aliphatic heterocycles. The minimum absolute atomic E-state index is 0.0124.